The zero-order valence-electron chi connectivity index (χ0n) is 7.52. The first-order valence-corrected chi connectivity index (χ1v) is 12.3. The summed E-state index contributed by atoms with van der Waals surface area (Å²) in [7, 11) is 0. The standard InChI is InChI=1S/C6H6NO.C5H5.Fe/c8-7-5-6-3-1-2-4-6;1-2-4-5-3-1;/h1-5,8H;1-5H;. The SMILES string of the molecule is ON=C[C]12[CH]3[CH]4[CH]5[CH]1[Fe]45321678[CH]2[CH]1[CH]6[CH]7[CH]28. The molecule has 0 aromatic rings. The fourth-order valence-corrected chi connectivity index (χ4v) is 90.3. The molecule has 3 heteroatoms. The molecule has 0 radical (unpaired) electrons. The van der Waals surface area contributed by atoms with E-state index in [1.54, 1.807) is 0 Å². The van der Waals surface area contributed by atoms with Crippen LogP contribution < -0.4 is 0 Å². The minimum atomic E-state index is -2.85. The molecule has 10 rings (SSSR count). The summed E-state index contributed by atoms with van der Waals surface area (Å²) in [6.07, 6.45) is 2.12. The van der Waals surface area contributed by atoms with Gasteiger partial charge >= 0.3 is 70.7 Å². The fraction of sp³-hybridized carbons (Fsp3) is 0.909. The van der Waals surface area contributed by atoms with Gasteiger partial charge < -0.3 is 0 Å². The minimum absolute atomic E-state index is 0.702. The normalized spacial score (nSPS) is 143. The molecule has 14 heavy (non-hydrogen) atoms. The van der Waals surface area contributed by atoms with Crippen molar-refractivity contribution in [1.82, 2.24) is 0 Å². The third kappa shape index (κ3) is 0.0308. The Hall–Kier alpha value is -0.0105. The molecule has 0 aromatic heterocycles. The maximum absolute atomic E-state index is 9.00. The van der Waals surface area contributed by atoms with Gasteiger partial charge in [0.25, 0.3) is 0 Å². The summed E-state index contributed by atoms with van der Waals surface area (Å²) < 4.78 is 0.702. The van der Waals surface area contributed by atoms with Crippen LogP contribution in [0.5, 0.6) is 0 Å². The van der Waals surface area contributed by atoms with E-state index in [1.165, 1.54) is 43.3 Å². The molecule has 4 atom stereocenters. The van der Waals surface area contributed by atoms with Gasteiger partial charge in [-0.15, -0.1) is 0 Å². The van der Waals surface area contributed by atoms with Crippen LogP contribution in [0.3, 0.4) is 0 Å². The molecule has 10 aliphatic heterocycles. The Kier molecular flexibility index (Phi) is 0.0931. The van der Waals surface area contributed by atoms with E-state index in [0.29, 0.717) is 4.31 Å². The molecule has 2 nitrogen and oxygen atoms in total. The van der Waals surface area contributed by atoms with Crippen molar-refractivity contribution >= 4 is 6.21 Å². The second-order valence-electron chi connectivity index (χ2n) is 9.98. The van der Waals surface area contributed by atoms with Gasteiger partial charge in [-0.1, -0.05) is 0 Å². The predicted octanol–water partition coefficient (Wildman–Crippen LogP) is 3.21. The van der Waals surface area contributed by atoms with Crippen LogP contribution in [0, 0.1) is 0 Å². The van der Waals surface area contributed by atoms with Crippen molar-refractivity contribution in [2.45, 2.75) is 47.7 Å². The van der Waals surface area contributed by atoms with Gasteiger partial charge in [0.2, 0.25) is 0 Å². The van der Waals surface area contributed by atoms with E-state index in [9.17, 15) is 0 Å². The van der Waals surface area contributed by atoms with Gasteiger partial charge in [0.15, 0.2) is 0 Å². The molecular weight excluding hydrogens is 218 g/mol. The van der Waals surface area contributed by atoms with Crippen LogP contribution in [0.4, 0.5) is 0 Å². The molecule has 0 aromatic carbocycles. The quantitative estimate of drug-likeness (QED) is 0.318. The molecule has 10 saturated heterocycles. The average Bonchev–Trinajstić information content (AvgIpc) is 3.14. The van der Waals surface area contributed by atoms with E-state index in [0.717, 1.165) is 0 Å². The summed E-state index contributed by atoms with van der Waals surface area (Å²) in [5.41, 5.74) is 0. The molecule has 0 aliphatic carbocycles. The van der Waals surface area contributed by atoms with Gasteiger partial charge in [-0.25, -0.2) is 0 Å². The number of fused-ring (bicyclic) bond motifs is 10. The Labute approximate surface area is 71.0 Å². The molecule has 10 fully saturated rings. The molecule has 10 heterocycles. The van der Waals surface area contributed by atoms with Gasteiger partial charge in [0, 0.05) is 0 Å². The van der Waals surface area contributed by atoms with Crippen LogP contribution in [0.1, 0.15) is 0 Å². The summed E-state index contributed by atoms with van der Waals surface area (Å²) in [6, 6.07) is 0. The monoisotopic (exact) mass is 229 g/mol. The van der Waals surface area contributed by atoms with E-state index in [2.05, 4.69) is 11.4 Å². The van der Waals surface area contributed by atoms with Gasteiger partial charge in [0.05, 0.1) is 0 Å². The van der Waals surface area contributed by atoms with Crippen molar-refractivity contribution in [1.29, 1.82) is 0 Å². The molecule has 0 amide bonds. The Bertz CT molecular complexity index is 834. The molecule has 1 spiro atoms. The van der Waals surface area contributed by atoms with Gasteiger partial charge in [-0.05, 0) is 0 Å². The summed E-state index contributed by atoms with van der Waals surface area (Å²) in [6.45, 7) is -2.85. The van der Waals surface area contributed by atoms with Crippen LogP contribution in [0.15, 0.2) is 5.16 Å². The van der Waals surface area contributed by atoms with E-state index in [1.807, 2.05) is 0 Å². The van der Waals surface area contributed by atoms with Gasteiger partial charge in [-0.2, -0.15) is 0 Å². The number of oxime groups is 1. The first-order chi connectivity index (χ1) is 6.61. The Morgan fingerprint density at radius 3 is 1.64 bits per heavy atom. The third-order valence-corrected chi connectivity index (χ3v) is 57.5. The van der Waals surface area contributed by atoms with Crippen LogP contribution >= 0.6 is 0 Å². The Morgan fingerprint density at radius 1 is 0.929 bits per heavy atom. The van der Waals surface area contributed by atoms with Crippen LogP contribution in [-0.2, 0) is 6.51 Å². The van der Waals surface area contributed by atoms with Crippen LogP contribution in [0.25, 0.3) is 0 Å². The number of nitrogens with zero attached hydrogens (tertiary/aromatic N) is 1. The predicted molar refractivity (Wildman–Crippen MR) is 46.7 cm³/mol. The van der Waals surface area contributed by atoms with Crippen molar-refractivity contribution < 1.29 is 11.7 Å². The topological polar surface area (TPSA) is 32.6 Å². The maximum atomic E-state index is 9.00. The van der Waals surface area contributed by atoms with Gasteiger partial charge in [0.1, 0.15) is 0 Å². The number of rotatable bonds is 1. The van der Waals surface area contributed by atoms with Gasteiger partial charge in [-0.3, -0.25) is 0 Å². The van der Waals surface area contributed by atoms with Crippen molar-refractivity contribution in [2.24, 2.45) is 5.16 Å². The van der Waals surface area contributed by atoms with E-state index < -0.39 is 6.51 Å². The molecule has 1 N–H and O–H groups in total. The number of hydrogen-bond donors (Lipinski definition) is 1. The fourth-order valence-electron chi connectivity index (χ4n) is 16.8. The second kappa shape index (κ2) is 0.292. The molecule has 0 saturated carbocycles. The average molecular weight is 229 g/mol. The third-order valence-electron chi connectivity index (χ3n) is 15.0. The first kappa shape index (κ1) is 4.47. The van der Waals surface area contributed by atoms with Crippen LogP contribution in [0.2, 0.25) is 47.7 Å². The number of hydrogen-bond acceptors (Lipinski definition) is 2. The molecule has 74 valence electrons. The Balaban J connectivity index is 1.94. The zero-order valence-corrected chi connectivity index (χ0v) is 8.63. The first-order valence-electron chi connectivity index (χ1n) is 6.00. The van der Waals surface area contributed by atoms with Crippen molar-refractivity contribution in [3.8, 4) is 0 Å². The van der Waals surface area contributed by atoms with E-state index >= 15 is 0 Å². The second-order valence-corrected chi connectivity index (χ2v) is 33.6. The molecular formula is C11H11FeNO. The summed E-state index contributed by atoms with van der Waals surface area (Å²) in [4.78, 5) is 12.0. The van der Waals surface area contributed by atoms with Crippen molar-refractivity contribution in [3.05, 3.63) is 0 Å². The molecule has 0 bridgehead atoms. The molecule has 10 aliphatic rings. The summed E-state index contributed by atoms with van der Waals surface area (Å²) in [5, 5.41) is 12.5. The van der Waals surface area contributed by atoms with E-state index in [4.69, 9.17) is 5.21 Å². The summed E-state index contributed by atoms with van der Waals surface area (Å²) >= 11 is 0. The summed E-state index contributed by atoms with van der Waals surface area (Å²) in [5.74, 6) is 0. The van der Waals surface area contributed by atoms with Crippen molar-refractivity contribution in [2.75, 3.05) is 0 Å². The van der Waals surface area contributed by atoms with Crippen LogP contribution in [-0.4, -0.2) is 11.4 Å². The zero-order chi connectivity index (χ0) is 8.43. The molecule has 4 unspecified atom stereocenters. The van der Waals surface area contributed by atoms with Crippen molar-refractivity contribution in [3.63, 3.8) is 0 Å². The van der Waals surface area contributed by atoms with E-state index in [-0.39, 0.29) is 0 Å². The Morgan fingerprint density at radius 2 is 1.43 bits per heavy atom.